The van der Waals surface area contributed by atoms with Crippen LogP contribution in [0, 0.1) is 0 Å². The number of hydrogen-bond acceptors (Lipinski definition) is 6. The minimum Gasteiger partial charge on any atom is -0.450 e. The van der Waals surface area contributed by atoms with Crippen LogP contribution < -0.4 is 11.1 Å². The zero-order valence-corrected chi connectivity index (χ0v) is 15.2. The number of aromatic nitrogens is 1. The van der Waals surface area contributed by atoms with E-state index in [-0.39, 0.29) is 11.3 Å². The minimum atomic E-state index is -0.714. The summed E-state index contributed by atoms with van der Waals surface area (Å²) in [6.45, 7) is 0. The Hall–Kier alpha value is -2.84. The molecular weight excluding hydrogens is 370 g/mol. The Balaban J connectivity index is 1.74. The smallest absolute Gasteiger partial charge is 0.294 e. The van der Waals surface area contributed by atoms with Crippen molar-refractivity contribution in [2.75, 3.05) is 11.6 Å². The molecule has 0 spiro atoms. The van der Waals surface area contributed by atoms with Gasteiger partial charge in [0, 0.05) is 10.3 Å². The third-order valence-electron chi connectivity index (χ3n) is 3.87. The van der Waals surface area contributed by atoms with E-state index in [0.29, 0.717) is 16.1 Å². The van der Waals surface area contributed by atoms with Gasteiger partial charge in [-0.25, -0.2) is 4.98 Å². The molecule has 0 aliphatic carbocycles. The van der Waals surface area contributed by atoms with Gasteiger partial charge in [-0.3, -0.25) is 14.9 Å². The molecule has 2 heterocycles. The zero-order valence-electron chi connectivity index (χ0n) is 13.6. The molecule has 8 heteroatoms. The van der Waals surface area contributed by atoms with Crippen LogP contribution in [0.5, 0.6) is 0 Å². The van der Waals surface area contributed by atoms with Crippen molar-refractivity contribution in [3.8, 4) is 0 Å². The summed E-state index contributed by atoms with van der Waals surface area (Å²) < 4.78 is 6.54. The molecule has 2 aromatic carbocycles. The summed E-state index contributed by atoms with van der Waals surface area (Å²) in [6.07, 6.45) is 1.97. The maximum Gasteiger partial charge on any atom is 0.294 e. The summed E-state index contributed by atoms with van der Waals surface area (Å²) in [4.78, 5) is 30.0. The normalized spacial score (nSPS) is 11.1. The number of amides is 2. The van der Waals surface area contributed by atoms with Crippen molar-refractivity contribution in [2.24, 2.45) is 5.73 Å². The van der Waals surface area contributed by atoms with Crippen molar-refractivity contribution in [3.63, 3.8) is 0 Å². The van der Waals surface area contributed by atoms with Crippen molar-refractivity contribution in [1.29, 1.82) is 0 Å². The highest BCUT2D eigenvalue weighted by Crippen LogP contribution is 2.33. The molecule has 130 valence electrons. The first-order valence-corrected chi connectivity index (χ1v) is 9.69. The first-order valence-electron chi connectivity index (χ1n) is 7.64. The molecule has 0 bridgehead atoms. The topological polar surface area (TPSA) is 98.2 Å². The van der Waals surface area contributed by atoms with Crippen molar-refractivity contribution >= 4 is 61.2 Å². The summed E-state index contributed by atoms with van der Waals surface area (Å²) in [7, 11) is 0. The Morgan fingerprint density at radius 1 is 1.19 bits per heavy atom. The molecule has 0 aliphatic heterocycles. The van der Waals surface area contributed by atoms with E-state index in [9.17, 15) is 9.59 Å². The number of nitrogens with one attached hydrogen (secondary N) is 1. The molecule has 6 nitrogen and oxygen atoms in total. The van der Waals surface area contributed by atoms with Gasteiger partial charge >= 0.3 is 0 Å². The number of rotatable bonds is 4. The highest BCUT2D eigenvalue weighted by molar-refractivity contribution is 7.98. The van der Waals surface area contributed by atoms with Crippen molar-refractivity contribution < 1.29 is 14.0 Å². The molecule has 0 fully saturated rings. The molecular formula is C18H13N3O3S2. The predicted octanol–water partition coefficient (Wildman–Crippen LogP) is 4.12. The number of carbonyl (C=O) groups excluding carboxylic acids is 2. The number of nitrogens with zero attached hydrogens (tertiary/aromatic N) is 1. The van der Waals surface area contributed by atoms with E-state index < -0.39 is 11.8 Å². The zero-order chi connectivity index (χ0) is 18.3. The molecule has 0 atom stereocenters. The van der Waals surface area contributed by atoms with Crippen molar-refractivity contribution in [1.82, 2.24) is 4.98 Å². The van der Waals surface area contributed by atoms with Crippen LogP contribution in [0.2, 0.25) is 0 Å². The fourth-order valence-corrected chi connectivity index (χ4v) is 4.26. The van der Waals surface area contributed by atoms with Gasteiger partial charge in [-0.15, -0.1) is 11.8 Å². The Labute approximate surface area is 156 Å². The number of para-hydroxylation sites is 2. The van der Waals surface area contributed by atoms with Crippen molar-refractivity contribution in [2.45, 2.75) is 4.90 Å². The second-order valence-electron chi connectivity index (χ2n) is 5.45. The highest BCUT2D eigenvalue weighted by Gasteiger charge is 2.25. The first kappa shape index (κ1) is 16.6. The van der Waals surface area contributed by atoms with E-state index in [4.69, 9.17) is 10.2 Å². The number of hydrogen-bond donors (Lipinski definition) is 2. The summed E-state index contributed by atoms with van der Waals surface area (Å²) in [5, 5.41) is 3.66. The summed E-state index contributed by atoms with van der Waals surface area (Å²) in [5.41, 5.74) is 6.80. The summed E-state index contributed by atoms with van der Waals surface area (Å²) in [5.74, 6) is -1.38. The predicted molar refractivity (Wildman–Crippen MR) is 104 cm³/mol. The number of primary amides is 1. The van der Waals surface area contributed by atoms with Gasteiger partial charge < -0.3 is 10.2 Å². The van der Waals surface area contributed by atoms with E-state index in [1.54, 1.807) is 36.0 Å². The maximum absolute atomic E-state index is 12.7. The van der Waals surface area contributed by atoms with Gasteiger partial charge in [-0.05, 0) is 24.5 Å². The average Bonchev–Trinajstić information content (AvgIpc) is 3.22. The van der Waals surface area contributed by atoms with Crippen LogP contribution in [0.4, 0.5) is 5.13 Å². The van der Waals surface area contributed by atoms with Gasteiger partial charge in [0.05, 0.1) is 15.8 Å². The van der Waals surface area contributed by atoms with E-state index in [1.807, 2.05) is 24.5 Å². The number of furan rings is 1. The fraction of sp³-hybridized carbons (Fsp3) is 0.0556. The molecule has 3 N–H and O–H groups in total. The number of thioether (sulfide) groups is 1. The first-order chi connectivity index (χ1) is 12.6. The van der Waals surface area contributed by atoms with E-state index in [2.05, 4.69) is 10.3 Å². The van der Waals surface area contributed by atoms with Crippen LogP contribution in [0.15, 0.2) is 51.8 Å². The summed E-state index contributed by atoms with van der Waals surface area (Å²) >= 11 is 2.94. The van der Waals surface area contributed by atoms with Crippen molar-refractivity contribution in [3.05, 3.63) is 53.8 Å². The second-order valence-corrected chi connectivity index (χ2v) is 7.33. The molecule has 0 saturated heterocycles. The Morgan fingerprint density at radius 3 is 2.77 bits per heavy atom. The lowest BCUT2D eigenvalue weighted by Gasteiger charge is -2.00. The van der Waals surface area contributed by atoms with E-state index in [1.165, 1.54) is 11.3 Å². The lowest BCUT2D eigenvalue weighted by molar-refractivity contribution is 0.0963. The fourth-order valence-electron chi connectivity index (χ4n) is 2.75. The molecule has 0 saturated carbocycles. The lowest BCUT2D eigenvalue weighted by Crippen LogP contribution is -2.18. The third-order valence-corrected chi connectivity index (χ3v) is 5.58. The average molecular weight is 383 g/mol. The van der Waals surface area contributed by atoms with Gasteiger partial charge in [0.1, 0.15) is 5.58 Å². The largest absolute Gasteiger partial charge is 0.450 e. The van der Waals surface area contributed by atoms with Gasteiger partial charge in [0.15, 0.2) is 5.13 Å². The van der Waals surface area contributed by atoms with Crippen LogP contribution in [0.3, 0.4) is 0 Å². The Bertz CT molecular complexity index is 1160. The monoisotopic (exact) mass is 383 g/mol. The number of fused-ring (bicyclic) bond motifs is 2. The van der Waals surface area contributed by atoms with Crippen LogP contribution in [-0.4, -0.2) is 23.1 Å². The molecule has 0 radical (unpaired) electrons. The Kier molecular flexibility index (Phi) is 4.14. The number of thiazole rings is 1. The van der Waals surface area contributed by atoms with Gasteiger partial charge in [-0.1, -0.05) is 35.6 Å². The molecule has 26 heavy (non-hydrogen) atoms. The Morgan fingerprint density at radius 2 is 2.00 bits per heavy atom. The van der Waals surface area contributed by atoms with Gasteiger partial charge in [0.2, 0.25) is 5.76 Å². The standard InChI is InChI=1S/C18H13N3O3S2/c1-25-11-7-4-8-12-14(11)20-18(26-12)21-17(23)15-13(16(19)22)9-5-2-3-6-10(9)24-15/h2-8H,1H3,(H2,19,22)(H,20,21,23). The quantitative estimate of drug-likeness (QED) is 0.517. The van der Waals surface area contributed by atoms with E-state index in [0.717, 1.165) is 15.1 Å². The molecule has 0 aliphatic rings. The molecule has 4 aromatic rings. The third kappa shape index (κ3) is 2.73. The van der Waals surface area contributed by atoms with Crippen LogP contribution >= 0.6 is 23.1 Å². The minimum absolute atomic E-state index is 0.0732. The lowest BCUT2D eigenvalue weighted by atomic mass is 10.1. The number of anilines is 1. The van der Waals surface area contributed by atoms with Gasteiger partial charge in [-0.2, -0.15) is 0 Å². The maximum atomic E-state index is 12.7. The van der Waals surface area contributed by atoms with Crippen LogP contribution in [-0.2, 0) is 0 Å². The SMILES string of the molecule is CSc1cccc2sc(NC(=O)c3oc4ccccc4c3C(N)=O)nc12. The molecule has 0 unspecified atom stereocenters. The van der Waals surface area contributed by atoms with Crippen LogP contribution in [0.25, 0.3) is 21.2 Å². The highest BCUT2D eigenvalue weighted by atomic mass is 32.2. The summed E-state index contributed by atoms with van der Waals surface area (Å²) in [6, 6.07) is 12.8. The molecule has 4 rings (SSSR count). The number of benzene rings is 2. The van der Waals surface area contributed by atoms with Crippen LogP contribution in [0.1, 0.15) is 20.9 Å². The molecule has 2 aromatic heterocycles. The number of carbonyl (C=O) groups is 2. The second kappa shape index (κ2) is 6.47. The van der Waals surface area contributed by atoms with Gasteiger partial charge in [0.25, 0.3) is 11.8 Å². The number of nitrogens with two attached hydrogens (primary N) is 1. The molecule has 2 amide bonds. The van der Waals surface area contributed by atoms with E-state index >= 15 is 0 Å².